The van der Waals surface area contributed by atoms with E-state index in [1.54, 1.807) is 31.2 Å². The second-order valence-electron chi connectivity index (χ2n) is 5.67. The molecule has 1 aromatic carbocycles. The lowest BCUT2D eigenvalue weighted by Crippen LogP contribution is -2.44. The van der Waals surface area contributed by atoms with E-state index < -0.39 is 12.2 Å². The van der Waals surface area contributed by atoms with Crippen LogP contribution >= 0.6 is 0 Å². The van der Waals surface area contributed by atoms with Crippen molar-refractivity contribution in [2.75, 3.05) is 0 Å². The molecule has 7 heteroatoms. The topological polar surface area (TPSA) is 74.2 Å². The summed E-state index contributed by atoms with van der Waals surface area (Å²) in [5, 5.41) is 3.92. The highest BCUT2D eigenvalue weighted by molar-refractivity contribution is 5.80. The van der Waals surface area contributed by atoms with Gasteiger partial charge in [-0.05, 0) is 37.8 Å². The molecular formula is C16H17F2N3O2. The van der Waals surface area contributed by atoms with Crippen molar-refractivity contribution < 1.29 is 18.0 Å². The Morgan fingerprint density at radius 1 is 1.39 bits per heavy atom. The number of hydrogen-bond acceptors (Lipinski definition) is 5. The van der Waals surface area contributed by atoms with Gasteiger partial charge in [0.25, 0.3) is 5.89 Å². The smallest absolute Gasteiger partial charge is 0.387 e. The highest BCUT2D eigenvalue weighted by atomic mass is 19.3. The van der Waals surface area contributed by atoms with E-state index in [2.05, 4.69) is 14.9 Å². The standard InChI is InChI=1S/C16H17F2N3O2/c1-10(11-5-2-3-6-12(11)22-15(17)18)9-13-20-14(21-23-13)16(19)7-4-8-16/h2-3,5-6,9,15H,4,7-8,19H2,1H3/b10-9-. The van der Waals surface area contributed by atoms with E-state index >= 15 is 0 Å². The first-order valence-corrected chi connectivity index (χ1v) is 7.33. The van der Waals surface area contributed by atoms with E-state index in [9.17, 15) is 8.78 Å². The highest BCUT2D eigenvalue weighted by Gasteiger charge is 2.38. The van der Waals surface area contributed by atoms with Gasteiger partial charge < -0.3 is 15.0 Å². The molecule has 0 amide bonds. The maximum atomic E-state index is 12.5. The molecule has 1 saturated carbocycles. The number of aromatic nitrogens is 2. The minimum absolute atomic E-state index is 0.102. The number of hydrogen-bond donors (Lipinski definition) is 1. The predicted molar refractivity (Wildman–Crippen MR) is 80.6 cm³/mol. The highest BCUT2D eigenvalue weighted by Crippen LogP contribution is 2.37. The Morgan fingerprint density at radius 3 is 2.78 bits per heavy atom. The van der Waals surface area contributed by atoms with Crippen LogP contribution < -0.4 is 10.5 Å². The van der Waals surface area contributed by atoms with Gasteiger partial charge in [0, 0.05) is 11.6 Å². The van der Waals surface area contributed by atoms with Crippen molar-refractivity contribution in [1.82, 2.24) is 10.1 Å². The van der Waals surface area contributed by atoms with E-state index in [1.807, 2.05) is 0 Å². The number of halogens is 2. The summed E-state index contributed by atoms with van der Waals surface area (Å²) in [5.74, 6) is 0.881. The van der Waals surface area contributed by atoms with E-state index in [1.165, 1.54) is 6.07 Å². The maximum absolute atomic E-state index is 12.5. The minimum Gasteiger partial charge on any atom is -0.434 e. The largest absolute Gasteiger partial charge is 0.434 e. The fourth-order valence-corrected chi connectivity index (χ4v) is 2.53. The van der Waals surface area contributed by atoms with Crippen LogP contribution in [0.15, 0.2) is 28.8 Å². The SMILES string of the molecule is C/C(=C/c1nc(C2(N)CCC2)no1)c1ccccc1OC(F)F. The molecule has 2 aromatic rings. The quantitative estimate of drug-likeness (QED) is 0.911. The molecule has 5 nitrogen and oxygen atoms in total. The van der Waals surface area contributed by atoms with Crippen molar-refractivity contribution in [2.45, 2.75) is 38.3 Å². The Kier molecular flexibility index (Phi) is 4.12. The molecule has 0 unspecified atom stereocenters. The van der Waals surface area contributed by atoms with Crippen molar-refractivity contribution in [2.24, 2.45) is 5.73 Å². The van der Waals surface area contributed by atoms with Crippen LogP contribution in [-0.2, 0) is 5.54 Å². The Morgan fingerprint density at radius 2 is 2.13 bits per heavy atom. The molecule has 0 bridgehead atoms. The normalized spacial score (nSPS) is 17.2. The summed E-state index contributed by atoms with van der Waals surface area (Å²) in [4.78, 5) is 4.29. The van der Waals surface area contributed by atoms with Gasteiger partial charge >= 0.3 is 6.61 Å². The summed E-state index contributed by atoms with van der Waals surface area (Å²) in [7, 11) is 0. The fraction of sp³-hybridized carbons (Fsp3) is 0.375. The predicted octanol–water partition coefficient (Wildman–Crippen LogP) is 3.57. The van der Waals surface area contributed by atoms with Crippen LogP contribution in [-0.4, -0.2) is 16.8 Å². The van der Waals surface area contributed by atoms with Crippen LogP contribution in [0.1, 0.15) is 43.5 Å². The lowest BCUT2D eigenvalue weighted by molar-refractivity contribution is -0.0500. The van der Waals surface area contributed by atoms with Crippen LogP contribution in [0.3, 0.4) is 0 Å². The van der Waals surface area contributed by atoms with Crippen molar-refractivity contribution in [3.05, 3.63) is 41.5 Å². The second kappa shape index (κ2) is 6.08. The fourth-order valence-electron chi connectivity index (χ4n) is 2.53. The van der Waals surface area contributed by atoms with Gasteiger partial charge in [-0.3, -0.25) is 0 Å². The number of nitrogens with two attached hydrogens (primary N) is 1. The van der Waals surface area contributed by atoms with Crippen LogP contribution in [0.2, 0.25) is 0 Å². The molecule has 0 saturated heterocycles. The van der Waals surface area contributed by atoms with Crippen LogP contribution in [0, 0.1) is 0 Å². The van der Waals surface area contributed by atoms with E-state index in [-0.39, 0.29) is 5.75 Å². The van der Waals surface area contributed by atoms with Crippen LogP contribution in [0.5, 0.6) is 5.75 Å². The molecule has 1 heterocycles. The third-order valence-corrected chi connectivity index (χ3v) is 4.00. The van der Waals surface area contributed by atoms with Gasteiger partial charge in [0.05, 0.1) is 5.54 Å². The van der Waals surface area contributed by atoms with Gasteiger partial charge in [-0.25, -0.2) is 0 Å². The molecule has 1 aliphatic carbocycles. The van der Waals surface area contributed by atoms with Gasteiger partial charge in [-0.1, -0.05) is 23.4 Å². The third kappa shape index (κ3) is 3.24. The number of allylic oxidation sites excluding steroid dienone is 1. The van der Waals surface area contributed by atoms with Gasteiger partial charge in [0.2, 0.25) is 0 Å². The van der Waals surface area contributed by atoms with Crippen LogP contribution in [0.25, 0.3) is 11.6 Å². The number of alkyl halides is 2. The van der Waals surface area contributed by atoms with Crippen molar-refractivity contribution in [1.29, 1.82) is 0 Å². The van der Waals surface area contributed by atoms with Crippen molar-refractivity contribution >= 4 is 11.6 Å². The zero-order valence-corrected chi connectivity index (χ0v) is 12.6. The zero-order chi connectivity index (χ0) is 16.4. The Hall–Kier alpha value is -2.28. The minimum atomic E-state index is -2.88. The molecule has 1 aliphatic rings. The van der Waals surface area contributed by atoms with E-state index in [0.717, 1.165) is 19.3 Å². The molecule has 0 atom stereocenters. The van der Waals surface area contributed by atoms with Crippen molar-refractivity contribution in [3.63, 3.8) is 0 Å². The Balaban J connectivity index is 1.85. The molecule has 0 spiro atoms. The Labute approximate surface area is 132 Å². The molecule has 2 N–H and O–H groups in total. The molecule has 23 heavy (non-hydrogen) atoms. The molecule has 3 rings (SSSR count). The molecule has 0 aliphatic heterocycles. The third-order valence-electron chi connectivity index (χ3n) is 4.00. The number of ether oxygens (including phenoxy) is 1. The number of benzene rings is 1. The summed E-state index contributed by atoms with van der Waals surface area (Å²) in [6.07, 6.45) is 4.35. The van der Waals surface area contributed by atoms with Gasteiger partial charge in [0.1, 0.15) is 5.75 Å². The number of para-hydroxylation sites is 1. The van der Waals surface area contributed by atoms with Gasteiger partial charge in [-0.2, -0.15) is 13.8 Å². The molecule has 122 valence electrons. The molecule has 1 fully saturated rings. The summed E-state index contributed by atoms with van der Waals surface area (Å²) >= 11 is 0. The first kappa shape index (κ1) is 15.6. The molecule has 0 radical (unpaired) electrons. The average molecular weight is 321 g/mol. The maximum Gasteiger partial charge on any atom is 0.387 e. The summed E-state index contributed by atoms with van der Waals surface area (Å²) in [6.45, 7) is -1.12. The number of nitrogens with zero attached hydrogens (tertiary/aromatic N) is 2. The zero-order valence-electron chi connectivity index (χ0n) is 12.6. The van der Waals surface area contributed by atoms with Gasteiger partial charge in [0.15, 0.2) is 5.82 Å². The summed E-state index contributed by atoms with van der Waals surface area (Å²) in [6, 6.07) is 6.56. The van der Waals surface area contributed by atoms with E-state index in [0.29, 0.717) is 22.9 Å². The Bertz CT molecular complexity index is 724. The second-order valence-corrected chi connectivity index (χ2v) is 5.67. The lowest BCUT2D eigenvalue weighted by Gasteiger charge is -2.34. The summed E-state index contributed by atoms with van der Waals surface area (Å²) < 4.78 is 34.7. The molecule has 1 aromatic heterocycles. The first-order valence-electron chi connectivity index (χ1n) is 7.33. The van der Waals surface area contributed by atoms with Crippen molar-refractivity contribution in [3.8, 4) is 5.75 Å². The lowest BCUT2D eigenvalue weighted by atomic mass is 9.77. The van der Waals surface area contributed by atoms with Gasteiger partial charge in [-0.15, -0.1) is 0 Å². The van der Waals surface area contributed by atoms with Crippen LogP contribution in [0.4, 0.5) is 8.78 Å². The monoisotopic (exact) mass is 321 g/mol. The average Bonchev–Trinajstić information content (AvgIpc) is 2.93. The van der Waals surface area contributed by atoms with E-state index in [4.69, 9.17) is 10.3 Å². The summed E-state index contributed by atoms with van der Waals surface area (Å²) in [5.41, 5.74) is 6.87. The molecular weight excluding hydrogens is 304 g/mol. The number of rotatable bonds is 5. The first-order chi connectivity index (χ1) is 11.0.